The largest absolute Gasteiger partial charge is 0.376 e. The molecule has 0 radical (unpaired) electrons. The first-order chi connectivity index (χ1) is 12.1. The number of hydrogen-bond donors (Lipinski definition) is 0. The fraction of sp³-hybridized carbons (Fsp3) is 0.312. The van der Waals surface area contributed by atoms with Gasteiger partial charge in [-0.15, -0.1) is 0 Å². The Labute approximate surface area is 144 Å². The summed E-state index contributed by atoms with van der Waals surface area (Å²) in [5, 5.41) is 8.04. The SMILES string of the molecule is O=S(=O)(Cc1noc2c1COCC2)Cc1ncnn1-c1ccccc1. The molecule has 0 fully saturated rings. The highest BCUT2D eigenvalue weighted by Crippen LogP contribution is 2.23. The van der Waals surface area contributed by atoms with Crippen molar-refractivity contribution in [3.8, 4) is 5.69 Å². The highest BCUT2D eigenvalue weighted by atomic mass is 32.2. The zero-order valence-electron chi connectivity index (χ0n) is 13.3. The maximum Gasteiger partial charge on any atom is 0.163 e. The lowest BCUT2D eigenvalue weighted by Crippen LogP contribution is -2.15. The van der Waals surface area contributed by atoms with Crippen LogP contribution in [0.2, 0.25) is 0 Å². The first kappa shape index (κ1) is 16.0. The Bertz CT molecular complexity index is 979. The Kier molecular flexibility index (Phi) is 4.10. The molecule has 0 bridgehead atoms. The van der Waals surface area contributed by atoms with Crippen molar-refractivity contribution in [2.45, 2.75) is 24.5 Å². The smallest absolute Gasteiger partial charge is 0.163 e. The Morgan fingerprint density at radius 3 is 2.84 bits per heavy atom. The fourth-order valence-electron chi connectivity index (χ4n) is 2.80. The molecule has 3 heterocycles. The van der Waals surface area contributed by atoms with Crippen LogP contribution in [0.4, 0.5) is 0 Å². The molecule has 0 N–H and O–H groups in total. The van der Waals surface area contributed by atoms with Crippen LogP contribution in [0.25, 0.3) is 5.69 Å². The predicted molar refractivity (Wildman–Crippen MR) is 87.5 cm³/mol. The van der Waals surface area contributed by atoms with Gasteiger partial charge in [0.1, 0.15) is 29.4 Å². The Morgan fingerprint density at radius 2 is 2.00 bits per heavy atom. The minimum atomic E-state index is -3.49. The summed E-state index contributed by atoms with van der Waals surface area (Å²) in [6.45, 7) is 0.901. The summed E-state index contributed by atoms with van der Waals surface area (Å²) in [7, 11) is -3.49. The summed E-state index contributed by atoms with van der Waals surface area (Å²) in [6, 6.07) is 9.28. The lowest BCUT2D eigenvalue weighted by atomic mass is 10.1. The molecule has 0 unspecified atom stereocenters. The van der Waals surface area contributed by atoms with E-state index in [0.29, 0.717) is 36.9 Å². The van der Waals surface area contributed by atoms with E-state index in [1.54, 1.807) is 0 Å². The first-order valence-corrected chi connectivity index (χ1v) is 9.63. The molecular formula is C16H16N4O4S. The number of rotatable bonds is 5. The monoisotopic (exact) mass is 360 g/mol. The van der Waals surface area contributed by atoms with Crippen LogP contribution in [0, 0.1) is 0 Å². The van der Waals surface area contributed by atoms with Crippen LogP contribution in [-0.4, -0.2) is 34.9 Å². The van der Waals surface area contributed by atoms with Crippen LogP contribution in [0.5, 0.6) is 0 Å². The van der Waals surface area contributed by atoms with E-state index in [4.69, 9.17) is 9.26 Å². The fourth-order valence-corrected chi connectivity index (χ4v) is 4.13. The van der Waals surface area contributed by atoms with Crippen LogP contribution in [0.3, 0.4) is 0 Å². The van der Waals surface area contributed by atoms with Gasteiger partial charge in [-0.2, -0.15) is 5.10 Å². The summed E-state index contributed by atoms with van der Waals surface area (Å²) in [4.78, 5) is 4.10. The van der Waals surface area contributed by atoms with Crippen molar-refractivity contribution in [2.75, 3.05) is 6.61 Å². The van der Waals surface area contributed by atoms with Crippen molar-refractivity contribution >= 4 is 9.84 Å². The molecule has 0 saturated heterocycles. The van der Waals surface area contributed by atoms with Gasteiger partial charge in [0.25, 0.3) is 0 Å². The van der Waals surface area contributed by atoms with Gasteiger partial charge in [-0.3, -0.25) is 0 Å². The number of sulfone groups is 1. The topological polar surface area (TPSA) is 100 Å². The third-order valence-electron chi connectivity index (χ3n) is 4.00. The van der Waals surface area contributed by atoms with Crippen LogP contribution in [0.1, 0.15) is 22.8 Å². The molecule has 4 rings (SSSR count). The van der Waals surface area contributed by atoms with Gasteiger partial charge >= 0.3 is 0 Å². The Morgan fingerprint density at radius 1 is 1.16 bits per heavy atom. The number of hydrogen-bond acceptors (Lipinski definition) is 7. The van der Waals surface area contributed by atoms with Crippen molar-refractivity contribution in [3.63, 3.8) is 0 Å². The predicted octanol–water partition coefficient (Wildman–Crippen LogP) is 1.44. The van der Waals surface area contributed by atoms with Crippen LogP contribution < -0.4 is 0 Å². The summed E-state index contributed by atoms with van der Waals surface area (Å²) in [5.74, 6) is 0.630. The molecule has 130 valence electrons. The van der Waals surface area contributed by atoms with E-state index in [9.17, 15) is 8.42 Å². The van der Waals surface area contributed by atoms with E-state index < -0.39 is 9.84 Å². The maximum absolute atomic E-state index is 12.6. The Hall–Kier alpha value is -2.52. The van der Waals surface area contributed by atoms with Crippen LogP contribution in [0.15, 0.2) is 41.2 Å². The zero-order valence-corrected chi connectivity index (χ0v) is 14.1. The maximum atomic E-state index is 12.6. The minimum absolute atomic E-state index is 0.211. The van der Waals surface area contributed by atoms with Crippen LogP contribution >= 0.6 is 0 Å². The first-order valence-electron chi connectivity index (χ1n) is 7.81. The van der Waals surface area contributed by atoms with Gasteiger partial charge in [0.15, 0.2) is 9.84 Å². The lowest BCUT2D eigenvalue weighted by molar-refractivity contribution is 0.102. The molecule has 25 heavy (non-hydrogen) atoms. The summed E-state index contributed by atoms with van der Waals surface area (Å²) in [5.41, 5.74) is 1.93. The minimum Gasteiger partial charge on any atom is -0.376 e. The number of nitrogens with zero attached hydrogens (tertiary/aromatic N) is 4. The normalized spacial score (nSPS) is 14.4. The van der Waals surface area contributed by atoms with Gasteiger partial charge in [0.05, 0.1) is 24.7 Å². The molecule has 0 atom stereocenters. The van der Waals surface area contributed by atoms with E-state index in [0.717, 1.165) is 11.3 Å². The van der Waals surface area contributed by atoms with E-state index >= 15 is 0 Å². The van der Waals surface area contributed by atoms with Crippen molar-refractivity contribution in [1.29, 1.82) is 0 Å². The zero-order chi connectivity index (χ0) is 17.3. The lowest BCUT2D eigenvalue weighted by Gasteiger charge is -2.11. The molecule has 8 nitrogen and oxygen atoms in total. The average molecular weight is 360 g/mol. The molecule has 0 aliphatic carbocycles. The van der Waals surface area contributed by atoms with Gasteiger partial charge in [-0.25, -0.2) is 18.1 Å². The molecule has 3 aromatic rings. The number of benzene rings is 1. The molecule has 0 spiro atoms. The van der Waals surface area contributed by atoms with Crippen molar-refractivity contribution in [1.82, 2.24) is 19.9 Å². The van der Waals surface area contributed by atoms with Gasteiger partial charge < -0.3 is 9.26 Å². The molecule has 1 aromatic carbocycles. The van der Waals surface area contributed by atoms with Crippen molar-refractivity contribution < 1.29 is 17.7 Å². The van der Waals surface area contributed by atoms with E-state index in [1.165, 1.54) is 11.0 Å². The highest BCUT2D eigenvalue weighted by Gasteiger charge is 2.25. The number of para-hydroxylation sites is 1. The summed E-state index contributed by atoms with van der Waals surface area (Å²) < 4.78 is 37.4. The van der Waals surface area contributed by atoms with Crippen LogP contribution in [-0.2, 0) is 39.1 Å². The molecule has 2 aromatic heterocycles. The molecule has 9 heteroatoms. The van der Waals surface area contributed by atoms with E-state index in [1.807, 2.05) is 30.3 Å². The standard InChI is InChI=1S/C16H16N4O4S/c21-25(22,9-14-13-8-23-7-6-15(13)24-19-14)10-16-17-11-18-20(16)12-4-2-1-3-5-12/h1-5,11H,6-10H2. The molecule has 0 saturated carbocycles. The number of fused-ring (bicyclic) bond motifs is 1. The van der Waals surface area contributed by atoms with Gasteiger partial charge in [0, 0.05) is 12.0 Å². The van der Waals surface area contributed by atoms with Crippen molar-refractivity contribution in [2.24, 2.45) is 0 Å². The van der Waals surface area contributed by atoms with Gasteiger partial charge in [0.2, 0.25) is 0 Å². The van der Waals surface area contributed by atoms with Crippen molar-refractivity contribution in [3.05, 3.63) is 59.5 Å². The van der Waals surface area contributed by atoms with Gasteiger partial charge in [-0.1, -0.05) is 23.4 Å². The molecule has 1 aliphatic rings. The average Bonchev–Trinajstić information content (AvgIpc) is 3.22. The third kappa shape index (κ3) is 3.33. The van der Waals surface area contributed by atoms with E-state index in [2.05, 4.69) is 15.2 Å². The van der Waals surface area contributed by atoms with Gasteiger partial charge in [-0.05, 0) is 12.1 Å². The summed E-state index contributed by atoms with van der Waals surface area (Å²) >= 11 is 0. The molecule has 1 aliphatic heterocycles. The molecular weight excluding hydrogens is 344 g/mol. The third-order valence-corrected chi connectivity index (χ3v) is 5.41. The highest BCUT2D eigenvalue weighted by molar-refractivity contribution is 7.89. The molecule has 0 amide bonds. The second-order valence-electron chi connectivity index (χ2n) is 5.79. The quantitative estimate of drug-likeness (QED) is 0.679. The second kappa shape index (κ2) is 6.41. The number of aromatic nitrogens is 4. The number of ether oxygens (including phenoxy) is 1. The van der Waals surface area contributed by atoms with E-state index in [-0.39, 0.29) is 11.5 Å². The Balaban J connectivity index is 1.57. The second-order valence-corrected chi connectivity index (χ2v) is 7.85. The summed E-state index contributed by atoms with van der Waals surface area (Å²) in [6.07, 6.45) is 1.97.